The molecule has 0 saturated carbocycles. The second kappa shape index (κ2) is 11.7. The van der Waals surface area contributed by atoms with E-state index in [4.69, 9.17) is 15.2 Å². The van der Waals surface area contributed by atoms with Gasteiger partial charge in [-0.2, -0.15) is 11.8 Å². The van der Waals surface area contributed by atoms with E-state index >= 15 is 0 Å². The Bertz CT molecular complexity index is 532. The first kappa shape index (κ1) is 23.2. The van der Waals surface area contributed by atoms with Gasteiger partial charge < -0.3 is 20.1 Å². The van der Waals surface area contributed by atoms with E-state index in [0.29, 0.717) is 24.5 Å². The van der Waals surface area contributed by atoms with Gasteiger partial charge in [-0.15, -0.1) is 24.2 Å². The van der Waals surface area contributed by atoms with Gasteiger partial charge in [0.1, 0.15) is 0 Å². The first-order valence-corrected chi connectivity index (χ1v) is 9.88. The van der Waals surface area contributed by atoms with Gasteiger partial charge in [-0.3, -0.25) is 4.79 Å². The molecule has 1 amide bonds. The number of hydrogen-bond acceptors (Lipinski definition) is 6. The van der Waals surface area contributed by atoms with Crippen LogP contribution in [0, 0.1) is 0 Å². The maximum absolute atomic E-state index is 12.4. The number of likely N-dealkylation sites (N-methyl/N-ethyl adjacent to an activating group) is 1. The number of thioether (sulfide) groups is 2. The summed E-state index contributed by atoms with van der Waals surface area (Å²) < 4.78 is 10.7. The molecule has 1 aromatic rings. The van der Waals surface area contributed by atoms with Crippen molar-refractivity contribution in [2.75, 3.05) is 39.5 Å². The molecule has 1 aromatic carbocycles. The summed E-state index contributed by atoms with van der Waals surface area (Å²) in [6.45, 7) is 0.488. The third kappa shape index (κ3) is 6.27. The molecule has 0 aromatic heterocycles. The van der Waals surface area contributed by atoms with E-state index in [1.807, 2.05) is 24.6 Å². The van der Waals surface area contributed by atoms with Crippen LogP contribution in [0.25, 0.3) is 0 Å². The lowest BCUT2D eigenvalue weighted by atomic mass is 10.1. The summed E-state index contributed by atoms with van der Waals surface area (Å²) in [4.78, 5) is 15.1. The minimum absolute atomic E-state index is 0. The Hall–Kier alpha value is -0.760. The largest absolute Gasteiger partial charge is 0.493 e. The highest BCUT2D eigenvalue weighted by Crippen LogP contribution is 2.35. The van der Waals surface area contributed by atoms with Gasteiger partial charge in [0.25, 0.3) is 0 Å². The van der Waals surface area contributed by atoms with Crippen molar-refractivity contribution < 1.29 is 14.3 Å². The van der Waals surface area contributed by atoms with Gasteiger partial charge in [0.15, 0.2) is 11.5 Å². The summed E-state index contributed by atoms with van der Waals surface area (Å²) in [6.07, 6.45) is 4.69. The molecule has 0 aliphatic rings. The molecule has 5 nitrogen and oxygen atoms in total. The van der Waals surface area contributed by atoms with Crippen molar-refractivity contribution in [3.8, 4) is 11.5 Å². The zero-order valence-corrected chi connectivity index (χ0v) is 17.3. The Kier molecular flexibility index (Phi) is 11.4. The Morgan fingerprint density at radius 3 is 2.33 bits per heavy atom. The summed E-state index contributed by atoms with van der Waals surface area (Å²) in [6, 6.07) is 3.40. The van der Waals surface area contributed by atoms with Crippen LogP contribution in [0.1, 0.15) is 12.0 Å². The number of carbonyl (C=O) groups is 1. The molecule has 0 heterocycles. The molecule has 24 heavy (non-hydrogen) atoms. The van der Waals surface area contributed by atoms with Gasteiger partial charge in [-0.05, 0) is 42.4 Å². The molecule has 0 spiro atoms. The summed E-state index contributed by atoms with van der Waals surface area (Å²) in [7, 11) is 5.00. The van der Waals surface area contributed by atoms with Crippen molar-refractivity contribution in [1.29, 1.82) is 0 Å². The number of carbonyl (C=O) groups excluding carboxylic acids is 1. The maximum Gasteiger partial charge on any atom is 0.239 e. The van der Waals surface area contributed by atoms with Crippen LogP contribution in [-0.2, 0) is 11.3 Å². The quantitative estimate of drug-likeness (QED) is 0.649. The molecular formula is C16H27ClN2O3S2. The zero-order valence-electron chi connectivity index (χ0n) is 14.8. The van der Waals surface area contributed by atoms with E-state index in [9.17, 15) is 4.79 Å². The Morgan fingerprint density at radius 2 is 1.83 bits per heavy atom. The fraction of sp³-hybridized carbons (Fsp3) is 0.562. The fourth-order valence-electron chi connectivity index (χ4n) is 2.20. The smallest absolute Gasteiger partial charge is 0.239 e. The Balaban J connectivity index is 0.00000529. The predicted octanol–water partition coefficient (Wildman–Crippen LogP) is 2.89. The molecular weight excluding hydrogens is 368 g/mol. The molecule has 0 radical (unpaired) electrons. The molecule has 1 atom stereocenters. The number of halogens is 1. The molecule has 2 N–H and O–H groups in total. The summed E-state index contributed by atoms with van der Waals surface area (Å²) in [5.41, 5.74) is 6.99. The molecule has 1 rings (SSSR count). The second-order valence-electron chi connectivity index (χ2n) is 5.10. The lowest BCUT2D eigenvalue weighted by molar-refractivity contribution is -0.131. The number of rotatable bonds is 9. The molecule has 0 unspecified atom stereocenters. The Morgan fingerprint density at radius 1 is 1.25 bits per heavy atom. The fourth-order valence-corrected chi connectivity index (χ4v) is 3.30. The van der Waals surface area contributed by atoms with E-state index in [-0.39, 0.29) is 18.3 Å². The minimum Gasteiger partial charge on any atom is -0.493 e. The SMILES string of the molecule is COc1cc(CN(C)C(=O)[C@@H](N)CCSC)c(SC)cc1OC.Cl. The van der Waals surface area contributed by atoms with E-state index < -0.39 is 6.04 Å². The van der Waals surface area contributed by atoms with Crippen LogP contribution >= 0.6 is 35.9 Å². The van der Waals surface area contributed by atoms with Crippen molar-refractivity contribution in [3.05, 3.63) is 17.7 Å². The van der Waals surface area contributed by atoms with Crippen molar-refractivity contribution in [2.24, 2.45) is 5.73 Å². The van der Waals surface area contributed by atoms with Crippen molar-refractivity contribution in [1.82, 2.24) is 4.90 Å². The predicted molar refractivity (Wildman–Crippen MR) is 106 cm³/mol. The van der Waals surface area contributed by atoms with Crippen LogP contribution in [0.3, 0.4) is 0 Å². The number of ether oxygens (including phenoxy) is 2. The van der Waals surface area contributed by atoms with E-state index in [0.717, 1.165) is 16.2 Å². The summed E-state index contributed by atoms with van der Waals surface area (Å²) in [5, 5.41) is 0. The molecule has 138 valence electrons. The molecule has 0 saturated heterocycles. The van der Waals surface area contributed by atoms with Gasteiger partial charge in [-0.1, -0.05) is 0 Å². The lowest BCUT2D eigenvalue weighted by Gasteiger charge is -2.23. The van der Waals surface area contributed by atoms with E-state index in [1.165, 1.54) is 0 Å². The van der Waals surface area contributed by atoms with E-state index in [2.05, 4.69) is 0 Å². The van der Waals surface area contributed by atoms with Crippen LogP contribution in [0.15, 0.2) is 17.0 Å². The van der Waals surface area contributed by atoms with Gasteiger partial charge in [0, 0.05) is 18.5 Å². The van der Waals surface area contributed by atoms with Crippen molar-refractivity contribution >= 4 is 41.8 Å². The van der Waals surface area contributed by atoms with Crippen LogP contribution < -0.4 is 15.2 Å². The van der Waals surface area contributed by atoms with Crippen LogP contribution in [0.5, 0.6) is 11.5 Å². The van der Waals surface area contributed by atoms with E-state index in [1.54, 1.807) is 49.7 Å². The molecule has 0 bridgehead atoms. The highest BCUT2D eigenvalue weighted by atomic mass is 35.5. The number of nitrogens with two attached hydrogens (primary N) is 1. The second-order valence-corrected chi connectivity index (χ2v) is 6.93. The third-order valence-electron chi connectivity index (χ3n) is 3.52. The van der Waals surface area contributed by atoms with Gasteiger partial charge in [0.2, 0.25) is 5.91 Å². The minimum atomic E-state index is -0.453. The molecule has 8 heteroatoms. The first-order valence-electron chi connectivity index (χ1n) is 7.26. The highest BCUT2D eigenvalue weighted by Gasteiger charge is 2.20. The monoisotopic (exact) mass is 394 g/mol. The van der Waals surface area contributed by atoms with Gasteiger partial charge in [-0.25, -0.2) is 0 Å². The van der Waals surface area contributed by atoms with Crippen LogP contribution in [-0.4, -0.2) is 56.4 Å². The number of methoxy groups -OCH3 is 2. The highest BCUT2D eigenvalue weighted by molar-refractivity contribution is 7.98. The Labute approximate surface area is 159 Å². The number of benzene rings is 1. The number of nitrogens with zero attached hydrogens (tertiary/aromatic N) is 1. The average Bonchev–Trinajstić information content (AvgIpc) is 2.58. The van der Waals surface area contributed by atoms with Crippen LogP contribution in [0.2, 0.25) is 0 Å². The number of amides is 1. The summed E-state index contributed by atoms with van der Waals surface area (Å²) in [5.74, 6) is 2.19. The number of hydrogen-bond donors (Lipinski definition) is 1. The average molecular weight is 395 g/mol. The maximum atomic E-state index is 12.4. The molecule has 0 fully saturated rings. The molecule has 0 aliphatic heterocycles. The topological polar surface area (TPSA) is 64.8 Å². The first-order chi connectivity index (χ1) is 11.0. The third-order valence-corrected chi connectivity index (χ3v) is 4.98. The normalized spacial score (nSPS) is 11.4. The lowest BCUT2D eigenvalue weighted by Crippen LogP contribution is -2.41. The molecule has 0 aliphatic carbocycles. The van der Waals surface area contributed by atoms with Crippen molar-refractivity contribution in [3.63, 3.8) is 0 Å². The zero-order chi connectivity index (χ0) is 17.4. The van der Waals surface area contributed by atoms with Crippen LogP contribution in [0.4, 0.5) is 0 Å². The standard InChI is InChI=1S/C16H26N2O3S2.ClH/c1-18(16(19)12(17)6-7-22-4)10-11-8-13(20-2)14(21-3)9-15(11)23-5;/h8-9,12H,6-7,10,17H2,1-5H3;1H/t12-;/m0./s1. The summed E-state index contributed by atoms with van der Waals surface area (Å²) >= 11 is 3.31. The van der Waals surface area contributed by atoms with Crippen molar-refractivity contribution in [2.45, 2.75) is 23.9 Å². The van der Waals surface area contributed by atoms with Gasteiger partial charge in [0.05, 0.1) is 20.3 Å². The van der Waals surface area contributed by atoms with Gasteiger partial charge >= 0.3 is 0 Å².